The predicted octanol–water partition coefficient (Wildman–Crippen LogP) is 0.877. The molecule has 2 unspecified atom stereocenters. The van der Waals surface area contributed by atoms with Crippen molar-refractivity contribution in [1.82, 2.24) is 4.90 Å². The van der Waals surface area contributed by atoms with Crippen molar-refractivity contribution < 1.29 is 14.9 Å². The molecule has 0 radical (unpaired) electrons. The summed E-state index contributed by atoms with van der Waals surface area (Å²) in [6, 6.07) is 10.0. The van der Waals surface area contributed by atoms with Gasteiger partial charge in [0, 0.05) is 26.2 Å². The maximum absolute atomic E-state index is 9.79. The number of aliphatic hydroxyl groups excluding tert-OH is 2. The molecule has 4 nitrogen and oxygen atoms in total. The molecule has 0 saturated heterocycles. The molecule has 0 spiro atoms. The quantitative estimate of drug-likeness (QED) is 0.722. The van der Waals surface area contributed by atoms with Crippen molar-refractivity contribution in [2.75, 3.05) is 26.9 Å². The van der Waals surface area contributed by atoms with E-state index in [1.807, 2.05) is 37.3 Å². The molecule has 0 saturated carbocycles. The fourth-order valence-corrected chi connectivity index (χ4v) is 1.85. The summed E-state index contributed by atoms with van der Waals surface area (Å²) in [7, 11) is 1.57. The van der Waals surface area contributed by atoms with Gasteiger partial charge in [0.1, 0.15) is 0 Å². The molecule has 2 atom stereocenters. The molecule has 1 aromatic rings. The molecule has 1 rings (SSSR count). The highest BCUT2D eigenvalue weighted by Crippen LogP contribution is 2.09. The lowest BCUT2D eigenvalue weighted by Gasteiger charge is -2.29. The van der Waals surface area contributed by atoms with Crippen LogP contribution in [0, 0.1) is 0 Å². The lowest BCUT2D eigenvalue weighted by atomic mass is 10.1. The first kappa shape index (κ1) is 15.1. The highest BCUT2D eigenvalue weighted by atomic mass is 16.5. The van der Waals surface area contributed by atoms with Crippen molar-refractivity contribution in [3.63, 3.8) is 0 Å². The number of ether oxygens (including phenoxy) is 1. The van der Waals surface area contributed by atoms with Crippen LogP contribution in [0.1, 0.15) is 12.5 Å². The summed E-state index contributed by atoms with van der Waals surface area (Å²) in [6.45, 7) is 3.53. The predicted molar refractivity (Wildman–Crippen MR) is 71.3 cm³/mol. The monoisotopic (exact) mass is 253 g/mol. The van der Waals surface area contributed by atoms with Crippen molar-refractivity contribution in [3.05, 3.63) is 35.9 Å². The average Bonchev–Trinajstić information content (AvgIpc) is 2.38. The largest absolute Gasteiger partial charge is 0.395 e. The zero-order chi connectivity index (χ0) is 13.4. The summed E-state index contributed by atoms with van der Waals surface area (Å²) in [5.74, 6) is 0. The number of benzene rings is 1. The number of hydrogen-bond donors (Lipinski definition) is 2. The minimum Gasteiger partial charge on any atom is -0.395 e. The van der Waals surface area contributed by atoms with E-state index in [0.717, 1.165) is 0 Å². The van der Waals surface area contributed by atoms with Gasteiger partial charge in [0.15, 0.2) is 0 Å². The first-order valence-electron chi connectivity index (χ1n) is 6.23. The Hall–Kier alpha value is -0.940. The summed E-state index contributed by atoms with van der Waals surface area (Å²) in [4.78, 5) is 2.05. The SMILES string of the molecule is COCC(O)CN(Cc1ccccc1)C(C)CO. The lowest BCUT2D eigenvalue weighted by molar-refractivity contribution is 0.0175. The molecule has 0 amide bonds. The Morgan fingerprint density at radius 2 is 1.94 bits per heavy atom. The number of rotatable bonds is 8. The maximum Gasteiger partial charge on any atom is 0.0900 e. The summed E-state index contributed by atoms with van der Waals surface area (Å²) in [5.41, 5.74) is 1.17. The summed E-state index contributed by atoms with van der Waals surface area (Å²) >= 11 is 0. The molecular weight excluding hydrogens is 230 g/mol. The molecule has 0 aliphatic carbocycles. The van der Waals surface area contributed by atoms with Gasteiger partial charge in [0.05, 0.1) is 19.3 Å². The van der Waals surface area contributed by atoms with Crippen LogP contribution in [0.25, 0.3) is 0 Å². The van der Waals surface area contributed by atoms with Gasteiger partial charge in [-0.05, 0) is 12.5 Å². The molecule has 2 N–H and O–H groups in total. The standard InChI is InChI=1S/C14H23NO3/c1-12(10-16)15(9-14(17)11-18-2)8-13-6-4-3-5-7-13/h3-7,12,14,16-17H,8-11H2,1-2H3. The van der Waals surface area contributed by atoms with Gasteiger partial charge in [-0.25, -0.2) is 0 Å². The molecular formula is C14H23NO3. The number of methoxy groups -OCH3 is 1. The minimum atomic E-state index is -0.535. The van der Waals surface area contributed by atoms with Crippen LogP contribution in [0.5, 0.6) is 0 Å². The van der Waals surface area contributed by atoms with Crippen LogP contribution in [-0.4, -0.2) is 54.1 Å². The van der Waals surface area contributed by atoms with E-state index in [1.165, 1.54) is 5.56 Å². The highest BCUT2D eigenvalue weighted by molar-refractivity contribution is 5.14. The second-order valence-corrected chi connectivity index (χ2v) is 4.56. The van der Waals surface area contributed by atoms with E-state index in [1.54, 1.807) is 7.11 Å². The van der Waals surface area contributed by atoms with Crippen LogP contribution in [0.3, 0.4) is 0 Å². The molecule has 102 valence electrons. The van der Waals surface area contributed by atoms with E-state index in [9.17, 15) is 10.2 Å². The maximum atomic E-state index is 9.79. The van der Waals surface area contributed by atoms with Crippen LogP contribution in [0.4, 0.5) is 0 Å². The Labute approximate surface area is 109 Å². The van der Waals surface area contributed by atoms with E-state index in [2.05, 4.69) is 4.90 Å². The molecule has 4 heteroatoms. The van der Waals surface area contributed by atoms with Crippen LogP contribution in [-0.2, 0) is 11.3 Å². The normalized spacial score (nSPS) is 14.7. The fraction of sp³-hybridized carbons (Fsp3) is 0.571. The van der Waals surface area contributed by atoms with Crippen molar-refractivity contribution >= 4 is 0 Å². The third-order valence-electron chi connectivity index (χ3n) is 2.92. The van der Waals surface area contributed by atoms with Gasteiger partial charge in [-0.2, -0.15) is 0 Å². The Kier molecular flexibility index (Phi) is 6.90. The third kappa shape index (κ3) is 5.14. The lowest BCUT2D eigenvalue weighted by Crippen LogP contribution is -2.41. The smallest absolute Gasteiger partial charge is 0.0900 e. The molecule has 0 aliphatic heterocycles. The van der Waals surface area contributed by atoms with E-state index in [-0.39, 0.29) is 12.6 Å². The van der Waals surface area contributed by atoms with Gasteiger partial charge in [-0.1, -0.05) is 30.3 Å². The van der Waals surface area contributed by atoms with Crippen LogP contribution in [0.2, 0.25) is 0 Å². The van der Waals surface area contributed by atoms with Gasteiger partial charge < -0.3 is 14.9 Å². The van der Waals surface area contributed by atoms with Gasteiger partial charge in [0.2, 0.25) is 0 Å². The van der Waals surface area contributed by atoms with E-state index in [4.69, 9.17) is 4.74 Å². The Bertz CT molecular complexity index is 318. The number of aliphatic hydroxyl groups is 2. The Morgan fingerprint density at radius 3 is 2.50 bits per heavy atom. The zero-order valence-corrected chi connectivity index (χ0v) is 11.1. The topological polar surface area (TPSA) is 52.9 Å². The molecule has 0 aliphatic rings. The zero-order valence-electron chi connectivity index (χ0n) is 11.1. The molecule has 0 aromatic heterocycles. The number of hydrogen-bond acceptors (Lipinski definition) is 4. The van der Waals surface area contributed by atoms with Crippen molar-refractivity contribution in [1.29, 1.82) is 0 Å². The molecule has 0 bridgehead atoms. The van der Waals surface area contributed by atoms with Crippen LogP contribution in [0.15, 0.2) is 30.3 Å². The second kappa shape index (κ2) is 8.21. The van der Waals surface area contributed by atoms with Crippen molar-refractivity contribution in [2.24, 2.45) is 0 Å². The van der Waals surface area contributed by atoms with E-state index >= 15 is 0 Å². The fourth-order valence-electron chi connectivity index (χ4n) is 1.85. The van der Waals surface area contributed by atoms with Gasteiger partial charge in [0.25, 0.3) is 0 Å². The van der Waals surface area contributed by atoms with Crippen molar-refractivity contribution in [3.8, 4) is 0 Å². The van der Waals surface area contributed by atoms with E-state index in [0.29, 0.717) is 19.7 Å². The summed E-state index contributed by atoms with van der Waals surface area (Å²) in [6.07, 6.45) is -0.535. The minimum absolute atomic E-state index is 0.0108. The Morgan fingerprint density at radius 1 is 1.28 bits per heavy atom. The average molecular weight is 253 g/mol. The molecule has 0 heterocycles. The van der Waals surface area contributed by atoms with Gasteiger partial charge >= 0.3 is 0 Å². The molecule has 1 aromatic carbocycles. The van der Waals surface area contributed by atoms with Crippen LogP contribution < -0.4 is 0 Å². The van der Waals surface area contributed by atoms with Gasteiger partial charge in [-0.15, -0.1) is 0 Å². The summed E-state index contributed by atoms with van der Waals surface area (Å²) < 4.78 is 4.93. The van der Waals surface area contributed by atoms with Crippen LogP contribution >= 0.6 is 0 Å². The molecule has 0 fully saturated rings. The van der Waals surface area contributed by atoms with Gasteiger partial charge in [-0.3, -0.25) is 4.90 Å². The first-order chi connectivity index (χ1) is 8.67. The first-order valence-corrected chi connectivity index (χ1v) is 6.23. The second-order valence-electron chi connectivity index (χ2n) is 4.56. The number of nitrogens with zero attached hydrogens (tertiary/aromatic N) is 1. The summed E-state index contributed by atoms with van der Waals surface area (Å²) in [5, 5.41) is 19.1. The van der Waals surface area contributed by atoms with E-state index < -0.39 is 6.10 Å². The highest BCUT2D eigenvalue weighted by Gasteiger charge is 2.17. The van der Waals surface area contributed by atoms with Crippen molar-refractivity contribution in [2.45, 2.75) is 25.6 Å². The molecule has 18 heavy (non-hydrogen) atoms. The third-order valence-corrected chi connectivity index (χ3v) is 2.92. The Balaban J connectivity index is 2.61.